The predicted octanol–water partition coefficient (Wildman–Crippen LogP) is 1.16. The Bertz CT molecular complexity index is 421. The van der Waals surface area contributed by atoms with Crippen LogP contribution in [-0.2, 0) is 4.79 Å². The highest BCUT2D eigenvalue weighted by molar-refractivity contribution is 8.13. The Hall–Kier alpha value is -1.24. The van der Waals surface area contributed by atoms with Crippen LogP contribution in [0.1, 0.15) is 25.0 Å². The van der Waals surface area contributed by atoms with Gasteiger partial charge in [-0.25, -0.2) is 0 Å². The Labute approximate surface area is 109 Å². The van der Waals surface area contributed by atoms with Gasteiger partial charge in [0.1, 0.15) is 17.6 Å². The van der Waals surface area contributed by atoms with Crippen LogP contribution in [0.3, 0.4) is 0 Å². The molecule has 5 nitrogen and oxygen atoms in total. The van der Waals surface area contributed by atoms with Crippen molar-refractivity contribution in [2.75, 3.05) is 5.75 Å². The van der Waals surface area contributed by atoms with Crippen molar-refractivity contribution < 1.29 is 25.2 Å². The van der Waals surface area contributed by atoms with Crippen LogP contribution in [0.2, 0.25) is 0 Å². The van der Waals surface area contributed by atoms with Crippen molar-refractivity contribution in [2.45, 2.75) is 25.6 Å². The van der Waals surface area contributed by atoms with E-state index >= 15 is 0 Å². The van der Waals surface area contributed by atoms with E-state index in [0.717, 1.165) is 17.8 Å². The van der Waals surface area contributed by atoms with Gasteiger partial charge < -0.3 is 20.4 Å². The molecule has 0 aliphatic carbocycles. The fraction of sp³-hybridized carbons (Fsp3) is 0.417. The molecule has 0 spiro atoms. The van der Waals surface area contributed by atoms with Gasteiger partial charge >= 0.3 is 0 Å². The van der Waals surface area contributed by atoms with Crippen LogP contribution in [-0.4, -0.2) is 37.4 Å². The predicted molar refractivity (Wildman–Crippen MR) is 68.5 cm³/mol. The summed E-state index contributed by atoms with van der Waals surface area (Å²) in [6, 6.07) is 3.75. The van der Waals surface area contributed by atoms with Crippen molar-refractivity contribution >= 4 is 16.9 Å². The number of thioether (sulfide) groups is 1. The van der Waals surface area contributed by atoms with E-state index in [2.05, 4.69) is 0 Å². The van der Waals surface area contributed by atoms with Gasteiger partial charge in [-0.2, -0.15) is 0 Å². The first kappa shape index (κ1) is 14.8. The fourth-order valence-corrected chi connectivity index (χ4v) is 2.12. The summed E-state index contributed by atoms with van der Waals surface area (Å²) in [5, 5.41) is 38.2. The number of benzene rings is 1. The number of phenolic OH excluding ortho intramolecular Hbond substituents is 2. The van der Waals surface area contributed by atoms with Crippen LogP contribution in [0.5, 0.6) is 11.5 Å². The van der Waals surface area contributed by atoms with Crippen molar-refractivity contribution in [1.82, 2.24) is 0 Å². The second-order valence-electron chi connectivity index (χ2n) is 3.88. The Kier molecular flexibility index (Phi) is 5.46. The third-order valence-electron chi connectivity index (χ3n) is 2.42. The SMILES string of the molecule is CC(=O)SCCC(O)C(O)c1ccc(O)cc1O. The monoisotopic (exact) mass is 272 g/mol. The molecule has 2 unspecified atom stereocenters. The van der Waals surface area contributed by atoms with Crippen molar-refractivity contribution in [3.63, 3.8) is 0 Å². The van der Waals surface area contributed by atoms with Crippen LogP contribution in [0.15, 0.2) is 18.2 Å². The van der Waals surface area contributed by atoms with Crippen molar-refractivity contribution in [3.05, 3.63) is 23.8 Å². The molecule has 0 saturated carbocycles. The topological polar surface area (TPSA) is 98.0 Å². The van der Waals surface area contributed by atoms with E-state index in [1.54, 1.807) is 0 Å². The van der Waals surface area contributed by atoms with Crippen molar-refractivity contribution in [2.24, 2.45) is 0 Å². The highest BCUT2D eigenvalue weighted by atomic mass is 32.2. The number of aromatic hydroxyl groups is 2. The number of phenols is 2. The zero-order valence-electron chi connectivity index (χ0n) is 9.91. The van der Waals surface area contributed by atoms with Gasteiger partial charge in [0.15, 0.2) is 5.12 Å². The van der Waals surface area contributed by atoms with Gasteiger partial charge in [-0.05, 0) is 18.6 Å². The molecule has 0 saturated heterocycles. The molecular formula is C12H16O5S. The first-order valence-electron chi connectivity index (χ1n) is 5.43. The van der Waals surface area contributed by atoms with Gasteiger partial charge in [0.05, 0.1) is 6.10 Å². The Morgan fingerprint density at radius 3 is 2.56 bits per heavy atom. The number of aliphatic hydroxyl groups excluding tert-OH is 2. The molecule has 18 heavy (non-hydrogen) atoms. The molecule has 0 radical (unpaired) electrons. The van der Waals surface area contributed by atoms with Gasteiger partial charge in [0, 0.05) is 24.3 Å². The quantitative estimate of drug-likeness (QED) is 0.642. The number of hydrogen-bond acceptors (Lipinski definition) is 6. The van der Waals surface area contributed by atoms with Crippen LogP contribution < -0.4 is 0 Å². The van der Waals surface area contributed by atoms with Gasteiger partial charge in [-0.15, -0.1) is 0 Å². The molecule has 1 aromatic carbocycles. The van der Waals surface area contributed by atoms with E-state index in [1.165, 1.54) is 19.1 Å². The molecule has 2 atom stereocenters. The minimum atomic E-state index is -1.25. The highest BCUT2D eigenvalue weighted by Gasteiger charge is 2.21. The molecule has 0 fully saturated rings. The minimum absolute atomic E-state index is 0.0517. The molecule has 6 heteroatoms. The highest BCUT2D eigenvalue weighted by Crippen LogP contribution is 2.30. The number of hydrogen-bond donors (Lipinski definition) is 4. The molecule has 0 amide bonds. The van der Waals surface area contributed by atoms with Gasteiger partial charge in [0.2, 0.25) is 0 Å². The maximum absolute atomic E-state index is 10.7. The molecule has 0 aliphatic rings. The van der Waals surface area contributed by atoms with Crippen LogP contribution in [0.4, 0.5) is 0 Å². The number of carbonyl (C=O) groups is 1. The summed E-state index contributed by atoms with van der Waals surface area (Å²) in [6.07, 6.45) is -2.10. The van der Waals surface area contributed by atoms with E-state index in [9.17, 15) is 20.1 Å². The number of rotatable bonds is 5. The normalized spacial score (nSPS) is 14.2. The summed E-state index contributed by atoms with van der Waals surface area (Å²) in [5.74, 6) is -0.00212. The molecular weight excluding hydrogens is 256 g/mol. The summed E-state index contributed by atoms with van der Waals surface area (Å²) >= 11 is 1.07. The minimum Gasteiger partial charge on any atom is -0.508 e. The van der Waals surface area contributed by atoms with Gasteiger partial charge in [-0.1, -0.05) is 11.8 Å². The Balaban J connectivity index is 2.62. The first-order chi connectivity index (χ1) is 8.41. The van der Waals surface area contributed by atoms with Gasteiger partial charge in [-0.3, -0.25) is 4.79 Å². The third kappa shape index (κ3) is 4.21. The average Bonchev–Trinajstić information content (AvgIpc) is 2.27. The lowest BCUT2D eigenvalue weighted by Gasteiger charge is -2.18. The zero-order chi connectivity index (χ0) is 13.7. The lowest BCUT2D eigenvalue weighted by molar-refractivity contribution is -0.109. The summed E-state index contributed by atoms with van der Waals surface area (Å²) in [7, 11) is 0. The fourth-order valence-electron chi connectivity index (χ4n) is 1.47. The van der Waals surface area contributed by atoms with Gasteiger partial charge in [0.25, 0.3) is 0 Å². The van der Waals surface area contributed by atoms with E-state index in [4.69, 9.17) is 5.11 Å². The second kappa shape index (κ2) is 6.63. The molecule has 1 aromatic rings. The first-order valence-corrected chi connectivity index (χ1v) is 6.41. The standard InChI is InChI=1S/C12H16O5S/c1-7(13)18-5-4-10(15)12(17)9-3-2-8(14)6-11(9)16/h2-3,6,10,12,14-17H,4-5H2,1H3. The molecule has 1 rings (SSSR count). The van der Waals surface area contributed by atoms with E-state index < -0.39 is 12.2 Å². The maximum Gasteiger partial charge on any atom is 0.185 e. The van der Waals surface area contributed by atoms with Crippen molar-refractivity contribution in [3.8, 4) is 11.5 Å². The molecule has 0 aliphatic heterocycles. The smallest absolute Gasteiger partial charge is 0.185 e. The largest absolute Gasteiger partial charge is 0.508 e. The van der Waals surface area contributed by atoms with Crippen molar-refractivity contribution in [1.29, 1.82) is 0 Å². The molecule has 0 heterocycles. The number of aliphatic hydroxyl groups is 2. The summed E-state index contributed by atoms with van der Waals surface area (Å²) < 4.78 is 0. The maximum atomic E-state index is 10.7. The summed E-state index contributed by atoms with van der Waals surface area (Å²) in [6.45, 7) is 1.43. The van der Waals surface area contributed by atoms with E-state index in [-0.39, 0.29) is 28.6 Å². The third-order valence-corrected chi connectivity index (χ3v) is 3.26. The molecule has 4 N–H and O–H groups in total. The van der Waals surface area contributed by atoms with Crippen LogP contribution in [0.25, 0.3) is 0 Å². The molecule has 0 bridgehead atoms. The summed E-state index contributed by atoms with van der Waals surface area (Å²) in [5.41, 5.74) is 0.146. The second-order valence-corrected chi connectivity index (χ2v) is 5.16. The molecule has 100 valence electrons. The lowest BCUT2D eigenvalue weighted by atomic mass is 10.0. The van der Waals surface area contributed by atoms with E-state index in [0.29, 0.717) is 5.75 Å². The zero-order valence-corrected chi connectivity index (χ0v) is 10.7. The van der Waals surface area contributed by atoms with Crippen LogP contribution >= 0.6 is 11.8 Å². The average molecular weight is 272 g/mol. The lowest BCUT2D eigenvalue weighted by Crippen LogP contribution is -2.19. The Morgan fingerprint density at radius 2 is 2.00 bits per heavy atom. The van der Waals surface area contributed by atoms with E-state index in [1.807, 2.05) is 0 Å². The Morgan fingerprint density at radius 1 is 1.33 bits per heavy atom. The van der Waals surface area contributed by atoms with Crippen LogP contribution in [0, 0.1) is 0 Å². The molecule has 0 aromatic heterocycles. The summed E-state index contributed by atoms with van der Waals surface area (Å²) in [4.78, 5) is 10.7. The number of carbonyl (C=O) groups excluding carboxylic acids is 1.